The fourth-order valence-corrected chi connectivity index (χ4v) is 3.42. The first-order valence-corrected chi connectivity index (χ1v) is 7.54. The van der Waals surface area contributed by atoms with E-state index in [9.17, 15) is 4.39 Å². The van der Waals surface area contributed by atoms with E-state index in [1.807, 2.05) is 6.07 Å². The maximum Gasteiger partial charge on any atom is 0.137 e. The number of rotatable bonds is 2. The van der Waals surface area contributed by atoms with E-state index in [-0.39, 0.29) is 5.82 Å². The van der Waals surface area contributed by atoms with Crippen LogP contribution >= 0.6 is 15.9 Å². The Morgan fingerprint density at radius 3 is 2.50 bits per heavy atom. The second-order valence-corrected chi connectivity index (χ2v) is 6.82. The van der Waals surface area contributed by atoms with Gasteiger partial charge in [-0.3, -0.25) is 4.90 Å². The first kappa shape index (κ1) is 12.6. The van der Waals surface area contributed by atoms with Gasteiger partial charge in [0.2, 0.25) is 0 Å². The molecule has 1 aromatic carbocycles. The normalized spacial score (nSPS) is 22.4. The molecule has 18 heavy (non-hydrogen) atoms. The minimum atomic E-state index is -0.147. The van der Waals surface area contributed by atoms with Crippen LogP contribution in [0.15, 0.2) is 16.6 Å². The van der Waals surface area contributed by atoms with Crippen molar-refractivity contribution in [2.45, 2.75) is 39.2 Å². The lowest BCUT2D eigenvalue weighted by Gasteiger charge is -2.32. The van der Waals surface area contributed by atoms with Gasteiger partial charge in [0.1, 0.15) is 5.82 Å². The molecule has 0 aromatic heterocycles. The quantitative estimate of drug-likeness (QED) is 0.788. The third kappa shape index (κ3) is 2.48. The Morgan fingerprint density at radius 2 is 1.89 bits per heavy atom. The van der Waals surface area contributed by atoms with Gasteiger partial charge in [-0.2, -0.15) is 0 Å². The highest BCUT2D eigenvalue weighted by Crippen LogP contribution is 2.53. The van der Waals surface area contributed by atoms with E-state index in [0.717, 1.165) is 17.5 Å². The van der Waals surface area contributed by atoms with Gasteiger partial charge in [-0.05, 0) is 90.3 Å². The number of benzene rings is 1. The van der Waals surface area contributed by atoms with Crippen molar-refractivity contribution in [2.75, 3.05) is 13.1 Å². The lowest BCUT2D eigenvalue weighted by molar-refractivity contribution is 0.165. The van der Waals surface area contributed by atoms with Gasteiger partial charge in [0.25, 0.3) is 0 Å². The van der Waals surface area contributed by atoms with Gasteiger partial charge >= 0.3 is 0 Å². The summed E-state index contributed by atoms with van der Waals surface area (Å²) in [4.78, 5) is 2.47. The molecule has 1 spiro atoms. The van der Waals surface area contributed by atoms with Gasteiger partial charge in [0.05, 0.1) is 4.47 Å². The summed E-state index contributed by atoms with van der Waals surface area (Å²) >= 11 is 3.24. The fraction of sp³-hybridized carbons (Fsp3) is 0.600. The second kappa shape index (κ2) is 4.61. The molecule has 1 aliphatic heterocycles. The van der Waals surface area contributed by atoms with Crippen molar-refractivity contribution in [3.8, 4) is 0 Å². The third-order valence-corrected chi connectivity index (χ3v) is 5.25. The predicted molar refractivity (Wildman–Crippen MR) is 75.0 cm³/mol. The number of nitrogens with zero attached hydrogens (tertiary/aromatic N) is 1. The molecule has 2 aliphatic rings. The van der Waals surface area contributed by atoms with Crippen LogP contribution in [0.2, 0.25) is 0 Å². The molecule has 1 heterocycles. The summed E-state index contributed by atoms with van der Waals surface area (Å²) in [6.07, 6.45) is 5.55. The van der Waals surface area contributed by atoms with Crippen LogP contribution in [-0.4, -0.2) is 18.0 Å². The molecule has 1 saturated carbocycles. The standard InChI is InChI=1S/C15H19BrFN/c1-11-8-13(16)14(17)9-12(11)10-18-6-4-15(2-3-15)5-7-18/h8-9H,2-7,10H2,1H3. The van der Waals surface area contributed by atoms with Gasteiger partial charge in [-0.1, -0.05) is 0 Å². The van der Waals surface area contributed by atoms with E-state index in [2.05, 4.69) is 27.8 Å². The Kier molecular flexibility index (Phi) is 3.23. The number of hydrogen-bond acceptors (Lipinski definition) is 1. The van der Waals surface area contributed by atoms with Crippen LogP contribution in [0.5, 0.6) is 0 Å². The maximum absolute atomic E-state index is 13.6. The molecule has 3 heteroatoms. The molecular formula is C15H19BrFN. The van der Waals surface area contributed by atoms with Crippen molar-refractivity contribution in [3.63, 3.8) is 0 Å². The van der Waals surface area contributed by atoms with E-state index < -0.39 is 0 Å². The first-order chi connectivity index (χ1) is 8.58. The number of halogens is 2. The predicted octanol–water partition coefficient (Wildman–Crippen LogP) is 4.27. The molecule has 0 bridgehead atoms. The van der Waals surface area contributed by atoms with Crippen molar-refractivity contribution < 1.29 is 4.39 Å². The molecule has 0 amide bonds. The minimum absolute atomic E-state index is 0.147. The molecule has 0 atom stereocenters. The molecule has 0 radical (unpaired) electrons. The van der Waals surface area contributed by atoms with E-state index in [0.29, 0.717) is 4.47 Å². The highest BCUT2D eigenvalue weighted by Gasteiger charge is 2.44. The maximum atomic E-state index is 13.6. The molecule has 0 unspecified atom stereocenters. The van der Waals surface area contributed by atoms with Gasteiger partial charge < -0.3 is 0 Å². The molecule has 1 aromatic rings. The van der Waals surface area contributed by atoms with Crippen LogP contribution in [0.1, 0.15) is 36.8 Å². The number of aryl methyl sites for hydroxylation is 1. The zero-order chi connectivity index (χ0) is 12.8. The Bertz CT molecular complexity index is 458. The Hall–Kier alpha value is -0.410. The summed E-state index contributed by atoms with van der Waals surface area (Å²) in [7, 11) is 0. The van der Waals surface area contributed by atoms with Crippen molar-refractivity contribution >= 4 is 15.9 Å². The largest absolute Gasteiger partial charge is 0.299 e. The van der Waals surface area contributed by atoms with E-state index in [1.54, 1.807) is 6.07 Å². The van der Waals surface area contributed by atoms with Crippen molar-refractivity contribution in [3.05, 3.63) is 33.5 Å². The fourth-order valence-electron chi connectivity index (χ4n) is 2.96. The smallest absolute Gasteiger partial charge is 0.137 e. The second-order valence-electron chi connectivity index (χ2n) is 5.97. The molecular weight excluding hydrogens is 293 g/mol. The average Bonchev–Trinajstić information content (AvgIpc) is 3.09. The average molecular weight is 312 g/mol. The number of likely N-dealkylation sites (tertiary alicyclic amines) is 1. The Labute approximate surface area is 116 Å². The van der Waals surface area contributed by atoms with Crippen molar-refractivity contribution in [1.82, 2.24) is 4.90 Å². The molecule has 1 aliphatic carbocycles. The lowest BCUT2D eigenvalue weighted by atomic mass is 9.93. The summed E-state index contributed by atoms with van der Waals surface area (Å²) in [5.41, 5.74) is 3.02. The third-order valence-electron chi connectivity index (χ3n) is 4.65. The molecule has 0 N–H and O–H groups in total. The molecule has 98 valence electrons. The van der Waals surface area contributed by atoms with E-state index in [4.69, 9.17) is 0 Å². The lowest BCUT2D eigenvalue weighted by Crippen LogP contribution is -2.34. The van der Waals surface area contributed by atoms with E-state index in [1.165, 1.54) is 44.3 Å². The zero-order valence-electron chi connectivity index (χ0n) is 10.8. The van der Waals surface area contributed by atoms with Gasteiger partial charge in [0, 0.05) is 6.54 Å². The van der Waals surface area contributed by atoms with Crippen LogP contribution in [0.25, 0.3) is 0 Å². The monoisotopic (exact) mass is 311 g/mol. The van der Waals surface area contributed by atoms with E-state index >= 15 is 0 Å². The summed E-state index contributed by atoms with van der Waals surface area (Å²) < 4.78 is 14.1. The summed E-state index contributed by atoms with van der Waals surface area (Å²) in [6, 6.07) is 3.57. The minimum Gasteiger partial charge on any atom is -0.299 e. The SMILES string of the molecule is Cc1cc(Br)c(F)cc1CN1CCC2(CC1)CC2. The van der Waals surface area contributed by atoms with Gasteiger partial charge in [0.15, 0.2) is 0 Å². The van der Waals surface area contributed by atoms with Crippen LogP contribution in [-0.2, 0) is 6.54 Å². The number of hydrogen-bond donors (Lipinski definition) is 0. The zero-order valence-corrected chi connectivity index (χ0v) is 12.4. The van der Waals surface area contributed by atoms with Crippen LogP contribution in [0, 0.1) is 18.2 Å². The summed E-state index contributed by atoms with van der Waals surface area (Å²) in [5, 5.41) is 0. The molecule has 2 fully saturated rings. The topological polar surface area (TPSA) is 3.24 Å². The highest BCUT2D eigenvalue weighted by atomic mass is 79.9. The van der Waals surface area contributed by atoms with Crippen LogP contribution < -0.4 is 0 Å². The highest BCUT2D eigenvalue weighted by molar-refractivity contribution is 9.10. The van der Waals surface area contributed by atoms with Crippen molar-refractivity contribution in [2.24, 2.45) is 5.41 Å². The Balaban J connectivity index is 1.67. The molecule has 3 rings (SSSR count). The summed E-state index contributed by atoms with van der Waals surface area (Å²) in [5.74, 6) is -0.147. The number of piperidine rings is 1. The summed E-state index contributed by atoms with van der Waals surface area (Å²) in [6.45, 7) is 5.31. The molecule has 1 saturated heterocycles. The Morgan fingerprint density at radius 1 is 1.22 bits per heavy atom. The van der Waals surface area contributed by atoms with Crippen molar-refractivity contribution in [1.29, 1.82) is 0 Å². The van der Waals surface area contributed by atoms with Crippen LogP contribution in [0.4, 0.5) is 4.39 Å². The van der Waals surface area contributed by atoms with Gasteiger partial charge in [-0.25, -0.2) is 4.39 Å². The molecule has 1 nitrogen and oxygen atoms in total. The van der Waals surface area contributed by atoms with Gasteiger partial charge in [-0.15, -0.1) is 0 Å². The first-order valence-electron chi connectivity index (χ1n) is 6.75. The van der Waals surface area contributed by atoms with Crippen LogP contribution in [0.3, 0.4) is 0 Å².